The number of carbonyl (C=O) groups excluding carboxylic acids is 1. The predicted molar refractivity (Wildman–Crippen MR) is 118 cm³/mol. The van der Waals surface area contributed by atoms with E-state index in [0.29, 0.717) is 12.0 Å². The molecule has 1 unspecified atom stereocenters. The second-order valence-corrected chi connectivity index (χ2v) is 9.04. The van der Waals surface area contributed by atoms with E-state index in [9.17, 15) is 4.79 Å². The Bertz CT molecular complexity index is 888. The summed E-state index contributed by atoms with van der Waals surface area (Å²) < 4.78 is 1.13. The molecule has 1 aromatic carbocycles. The van der Waals surface area contributed by atoms with Gasteiger partial charge in [0.15, 0.2) is 0 Å². The number of aromatic nitrogens is 1. The normalized spacial score (nSPS) is 24.2. The molecule has 1 aromatic heterocycles. The van der Waals surface area contributed by atoms with Crippen molar-refractivity contribution in [1.82, 2.24) is 20.1 Å². The summed E-state index contributed by atoms with van der Waals surface area (Å²) in [5.74, 6) is 0.449. The molecule has 6 heteroatoms. The van der Waals surface area contributed by atoms with Gasteiger partial charge in [-0.05, 0) is 78.8 Å². The van der Waals surface area contributed by atoms with Gasteiger partial charge in [0, 0.05) is 48.5 Å². The van der Waals surface area contributed by atoms with Crippen LogP contribution in [0.4, 0.5) is 4.79 Å². The van der Waals surface area contributed by atoms with Crippen LogP contribution in [0.15, 0.2) is 16.7 Å². The minimum Gasteiger partial charge on any atom is -0.349 e. The van der Waals surface area contributed by atoms with Gasteiger partial charge in [0.2, 0.25) is 0 Å². The van der Waals surface area contributed by atoms with Gasteiger partial charge in [-0.25, -0.2) is 4.79 Å². The number of urea groups is 1. The molecule has 1 saturated heterocycles. The zero-order valence-electron chi connectivity index (χ0n) is 17.3. The summed E-state index contributed by atoms with van der Waals surface area (Å²) in [7, 11) is 2.21. The third-order valence-corrected chi connectivity index (χ3v) is 7.39. The highest BCUT2D eigenvalue weighted by molar-refractivity contribution is 9.10. The highest BCUT2D eigenvalue weighted by Gasteiger charge is 2.41. The number of nitrogens with zero attached hydrogens (tertiary/aromatic N) is 2. The summed E-state index contributed by atoms with van der Waals surface area (Å²) in [6.45, 7) is 8.68. The Morgan fingerprint density at radius 3 is 2.75 bits per heavy atom. The molecular weight excluding hydrogens is 416 g/mol. The number of likely N-dealkylation sites (tertiary alicyclic amines) is 1. The Labute approximate surface area is 176 Å². The third kappa shape index (κ3) is 3.24. The second kappa shape index (κ2) is 7.71. The van der Waals surface area contributed by atoms with E-state index in [1.54, 1.807) is 0 Å². The summed E-state index contributed by atoms with van der Waals surface area (Å²) in [5.41, 5.74) is 5.48. The highest BCUT2D eigenvalue weighted by atomic mass is 79.9. The van der Waals surface area contributed by atoms with Crippen molar-refractivity contribution < 1.29 is 4.79 Å². The number of rotatable bonds is 4. The molecule has 0 radical (unpaired) electrons. The highest BCUT2D eigenvalue weighted by Crippen LogP contribution is 2.45. The third-order valence-electron chi connectivity index (χ3n) is 6.72. The summed E-state index contributed by atoms with van der Waals surface area (Å²) in [4.78, 5) is 20.5. The number of piperidine rings is 1. The van der Waals surface area contributed by atoms with Crippen molar-refractivity contribution in [2.45, 2.75) is 58.0 Å². The average Bonchev–Trinajstić information content (AvgIpc) is 2.99. The smallest absolute Gasteiger partial charge is 0.317 e. The van der Waals surface area contributed by atoms with Gasteiger partial charge >= 0.3 is 6.03 Å². The maximum Gasteiger partial charge on any atom is 0.317 e. The van der Waals surface area contributed by atoms with Crippen LogP contribution in [0.25, 0.3) is 10.9 Å². The zero-order valence-corrected chi connectivity index (χ0v) is 18.9. The van der Waals surface area contributed by atoms with E-state index in [-0.39, 0.29) is 12.1 Å². The molecule has 3 atom stereocenters. The minimum absolute atomic E-state index is 0.0650. The first-order valence-electron chi connectivity index (χ1n) is 10.5. The van der Waals surface area contributed by atoms with Gasteiger partial charge in [-0.1, -0.05) is 13.0 Å². The molecule has 1 fully saturated rings. The average molecular weight is 447 g/mol. The van der Waals surface area contributed by atoms with Gasteiger partial charge in [-0.2, -0.15) is 0 Å². The maximum absolute atomic E-state index is 12.6. The summed E-state index contributed by atoms with van der Waals surface area (Å²) in [6, 6.07) is 5.43. The number of carbonyl (C=O) groups is 1. The summed E-state index contributed by atoms with van der Waals surface area (Å²) in [5, 5.41) is 4.70. The Morgan fingerprint density at radius 2 is 2.07 bits per heavy atom. The van der Waals surface area contributed by atoms with E-state index in [0.717, 1.165) is 43.5 Å². The molecule has 0 saturated carbocycles. The number of likely N-dealkylation sites (N-methyl/N-ethyl adjacent to an activating group) is 1. The molecule has 2 heterocycles. The first-order chi connectivity index (χ1) is 13.5. The lowest BCUT2D eigenvalue weighted by molar-refractivity contribution is 0.124. The molecule has 4 rings (SSSR count). The zero-order chi connectivity index (χ0) is 20.0. The number of hydrogen-bond donors (Lipinski definition) is 2. The van der Waals surface area contributed by atoms with Crippen molar-refractivity contribution in [3.05, 3.63) is 33.4 Å². The van der Waals surface area contributed by atoms with Crippen LogP contribution in [0.5, 0.6) is 0 Å². The van der Waals surface area contributed by atoms with Crippen LogP contribution in [0.3, 0.4) is 0 Å². The van der Waals surface area contributed by atoms with Crippen molar-refractivity contribution in [2.24, 2.45) is 0 Å². The fourth-order valence-electron chi connectivity index (χ4n) is 5.20. The molecule has 0 spiro atoms. The van der Waals surface area contributed by atoms with Gasteiger partial charge < -0.3 is 20.1 Å². The van der Waals surface area contributed by atoms with Gasteiger partial charge in [0.05, 0.1) is 4.60 Å². The predicted octanol–water partition coefficient (Wildman–Crippen LogP) is 4.26. The van der Waals surface area contributed by atoms with Gasteiger partial charge in [-0.3, -0.25) is 0 Å². The molecule has 28 heavy (non-hydrogen) atoms. The van der Waals surface area contributed by atoms with Gasteiger partial charge in [0.1, 0.15) is 0 Å². The topological polar surface area (TPSA) is 51.4 Å². The maximum atomic E-state index is 12.6. The number of aryl methyl sites for hydroxylation is 1. The fraction of sp³-hybridized carbons (Fsp3) is 0.591. The number of H-pyrrole nitrogens is 1. The summed E-state index contributed by atoms with van der Waals surface area (Å²) in [6.07, 6.45) is 3.09. The van der Waals surface area contributed by atoms with Crippen molar-refractivity contribution in [3.8, 4) is 0 Å². The van der Waals surface area contributed by atoms with E-state index < -0.39 is 0 Å². The molecule has 152 valence electrons. The number of amides is 2. The second-order valence-electron chi connectivity index (χ2n) is 8.25. The first kappa shape index (κ1) is 19.8. The Balaban J connectivity index is 1.68. The molecule has 2 amide bonds. The van der Waals surface area contributed by atoms with Crippen LogP contribution in [-0.2, 0) is 12.8 Å². The lowest BCUT2D eigenvalue weighted by Gasteiger charge is -2.46. The molecule has 0 bridgehead atoms. The largest absolute Gasteiger partial charge is 0.349 e. The van der Waals surface area contributed by atoms with E-state index in [4.69, 9.17) is 0 Å². The molecule has 1 aliphatic carbocycles. The number of nitrogens with one attached hydrogen (secondary N) is 2. The van der Waals surface area contributed by atoms with E-state index in [1.807, 2.05) is 18.7 Å². The molecule has 2 aromatic rings. The monoisotopic (exact) mass is 446 g/mol. The summed E-state index contributed by atoms with van der Waals surface area (Å²) >= 11 is 3.76. The number of benzene rings is 1. The number of fused-ring (bicyclic) bond motifs is 2. The van der Waals surface area contributed by atoms with Crippen LogP contribution >= 0.6 is 15.9 Å². The molecule has 2 N–H and O–H groups in total. The molecule has 5 nitrogen and oxygen atoms in total. The van der Waals surface area contributed by atoms with E-state index in [2.05, 4.69) is 57.2 Å². The molecular formula is C22H31BrN4O. The van der Waals surface area contributed by atoms with Crippen molar-refractivity contribution in [1.29, 1.82) is 0 Å². The Hall–Kier alpha value is -1.53. The van der Waals surface area contributed by atoms with Crippen molar-refractivity contribution in [3.63, 3.8) is 0 Å². The van der Waals surface area contributed by atoms with Crippen LogP contribution in [0.2, 0.25) is 0 Å². The number of halogens is 1. The minimum atomic E-state index is 0.0650. The van der Waals surface area contributed by atoms with Crippen LogP contribution in [-0.4, -0.2) is 59.6 Å². The quantitative estimate of drug-likeness (QED) is 0.736. The molecule has 1 aliphatic heterocycles. The molecule has 2 aliphatic rings. The Morgan fingerprint density at radius 1 is 1.32 bits per heavy atom. The SMILES string of the molecule is CCc1cc2c3c(c(Br)[nH]c3c1)C[C@@H]1C2C[C@H](NC(=O)N(CC)CC)CN1C. The van der Waals surface area contributed by atoms with Crippen molar-refractivity contribution >= 4 is 32.9 Å². The van der Waals surface area contributed by atoms with E-state index >= 15 is 0 Å². The van der Waals surface area contributed by atoms with Crippen molar-refractivity contribution in [2.75, 3.05) is 26.7 Å². The van der Waals surface area contributed by atoms with Gasteiger partial charge in [0.25, 0.3) is 0 Å². The van der Waals surface area contributed by atoms with Crippen LogP contribution < -0.4 is 5.32 Å². The van der Waals surface area contributed by atoms with Gasteiger partial charge in [-0.15, -0.1) is 0 Å². The van der Waals surface area contributed by atoms with Crippen LogP contribution in [0.1, 0.15) is 49.8 Å². The van der Waals surface area contributed by atoms with E-state index in [1.165, 1.54) is 27.6 Å². The number of aromatic amines is 1. The number of hydrogen-bond acceptors (Lipinski definition) is 2. The lowest BCUT2D eigenvalue weighted by Crippen LogP contribution is -2.56. The lowest BCUT2D eigenvalue weighted by atomic mass is 9.73. The fourth-order valence-corrected chi connectivity index (χ4v) is 5.78. The van der Waals surface area contributed by atoms with Crippen LogP contribution in [0, 0.1) is 0 Å². The first-order valence-corrected chi connectivity index (χ1v) is 11.3. The standard InChI is InChI=1S/C22H31BrN4O/c1-5-13-8-16-15-10-14(24-22(28)27(6-2)7-3)12-26(4)19(15)11-17-20(16)18(9-13)25-21(17)23/h8-9,14-15,19,25H,5-7,10-12H2,1-4H3,(H,24,28)/t14-,15?,19+/m0/s1. The Kier molecular flexibility index (Phi) is 5.45.